The van der Waals surface area contributed by atoms with Crippen LogP contribution < -0.4 is 10.5 Å². The van der Waals surface area contributed by atoms with E-state index in [1.807, 2.05) is 18.2 Å². The van der Waals surface area contributed by atoms with E-state index in [4.69, 9.17) is 22.7 Å². The minimum Gasteiger partial charge on any atom is -0.497 e. The molecule has 3 N–H and O–H groups in total. The first kappa shape index (κ1) is 12.0. The number of halogens is 1. The Hall–Kier alpha value is -1.47. The van der Waals surface area contributed by atoms with Gasteiger partial charge >= 0.3 is 0 Å². The van der Waals surface area contributed by atoms with Crippen LogP contribution in [0.2, 0.25) is 0 Å². The van der Waals surface area contributed by atoms with Gasteiger partial charge in [0.25, 0.3) is 0 Å². The maximum atomic E-state index is 5.60. The number of aromatic nitrogens is 3. The van der Waals surface area contributed by atoms with Crippen molar-refractivity contribution in [3.8, 4) is 17.1 Å². The Labute approximate surface area is 111 Å². The van der Waals surface area contributed by atoms with Gasteiger partial charge in [0.05, 0.1) is 7.11 Å². The SMILES string of the molecule is COc1ccc(Br)c(-c2nc(=S)nc(N)[nH]2)c1. The first-order valence-electron chi connectivity index (χ1n) is 4.68. The fourth-order valence-corrected chi connectivity index (χ4v) is 1.97. The van der Waals surface area contributed by atoms with Crippen LogP contribution in [0, 0.1) is 4.77 Å². The molecule has 7 heteroatoms. The van der Waals surface area contributed by atoms with Crippen LogP contribution in [0.15, 0.2) is 22.7 Å². The van der Waals surface area contributed by atoms with Crippen LogP contribution in [0.3, 0.4) is 0 Å². The highest BCUT2D eigenvalue weighted by Crippen LogP contribution is 2.29. The van der Waals surface area contributed by atoms with Gasteiger partial charge in [-0.05, 0) is 30.4 Å². The van der Waals surface area contributed by atoms with E-state index in [1.54, 1.807) is 7.11 Å². The van der Waals surface area contributed by atoms with E-state index in [0.29, 0.717) is 5.82 Å². The quantitative estimate of drug-likeness (QED) is 0.833. The van der Waals surface area contributed by atoms with E-state index < -0.39 is 0 Å². The number of benzene rings is 1. The standard InChI is InChI=1S/C10H9BrN4OS/c1-16-5-2-3-7(11)6(4-5)8-13-9(12)15-10(17)14-8/h2-4H,1H3,(H3,12,13,14,15,17). The van der Waals surface area contributed by atoms with Gasteiger partial charge in [0, 0.05) is 10.0 Å². The molecule has 0 atom stereocenters. The molecule has 1 aromatic carbocycles. The van der Waals surface area contributed by atoms with E-state index in [1.165, 1.54) is 0 Å². The molecule has 0 saturated carbocycles. The van der Waals surface area contributed by atoms with Crippen molar-refractivity contribution in [1.29, 1.82) is 0 Å². The summed E-state index contributed by atoms with van der Waals surface area (Å²) in [6.07, 6.45) is 0. The molecule has 17 heavy (non-hydrogen) atoms. The van der Waals surface area contributed by atoms with Crippen LogP contribution in [0.4, 0.5) is 5.95 Å². The summed E-state index contributed by atoms with van der Waals surface area (Å²) in [6.45, 7) is 0. The summed E-state index contributed by atoms with van der Waals surface area (Å²) >= 11 is 8.36. The van der Waals surface area contributed by atoms with Crippen molar-refractivity contribution in [2.45, 2.75) is 0 Å². The van der Waals surface area contributed by atoms with E-state index in [9.17, 15) is 0 Å². The molecule has 2 rings (SSSR count). The van der Waals surface area contributed by atoms with Crippen LogP contribution in [0.1, 0.15) is 0 Å². The highest BCUT2D eigenvalue weighted by molar-refractivity contribution is 9.10. The van der Waals surface area contributed by atoms with Gasteiger partial charge in [-0.3, -0.25) is 0 Å². The third kappa shape index (κ3) is 2.62. The molecule has 5 nitrogen and oxygen atoms in total. The molecule has 0 spiro atoms. The molecule has 0 aliphatic rings. The molecule has 88 valence electrons. The number of hydrogen-bond acceptors (Lipinski definition) is 5. The van der Waals surface area contributed by atoms with Gasteiger partial charge in [-0.1, -0.05) is 15.9 Å². The first-order chi connectivity index (χ1) is 8.10. The smallest absolute Gasteiger partial charge is 0.224 e. The maximum Gasteiger partial charge on any atom is 0.224 e. The fourth-order valence-electron chi connectivity index (χ4n) is 1.34. The van der Waals surface area contributed by atoms with Crippen molar-refractivity contribution in [3.05, 3.63) is 27.4 Å². The average Bonchev–Trinajstić information content (AvgIpc) is 2.28. The lowest BCUT2D eigenvalue weighted by Gasteiger charge is -2.07. The Kier molecular flexibility index (Phi) is 3.39. The third-order valence-electron chi connectivity index (χ3n) is 2.10. The second kappa shape index (κ2) is 4.80. The number of aromatic amines is 1. The lowest BCUT2D eigenvalue weighted by molar-refractivity contribution is 0.415. The summed E-state index contributed by atoms with van der Waals surface area (Å²) in [6, 6.07) is 5.53. The van der Waals surface area contributed by atoms with Gasteiger partial charge < -0.3 is 15.5 Å². The number of methoxy groups -OCH3 is 1. The Morgan fingerprint density at radius 2 is 2.18 bits per heavy atom. The molecule has 0 fully saturated rings. The number of H-pyrrole nitrogens is 1. The van der Waals surface area contributed by atoms with Crippen molar-refractivity contribution in [3.63, 3.8) is 0 Å². The molecule has 1 aromatic heterocycles. The summed E-state index contributed by atoms with van der Waals surface area (Å²) < 4.78 is 6.22. The van der Waals surface area contributed by atoms with Gasteiger partial charge in [-0.25, -0.2) is 4.98 Å². The van der Waals surface area contributed by atoms with Crippen LogP contribution in [0.5, 0.6) is 5.75 Å². The molecule has 0 unspecified atom stereocenters. The third-order valence-corrected chi connectivity index (χ3v) is 2.97. The number of rotatable bonds is 2. The fraction of sp³-hybridized carbons (Fsp3) is 0.100. The highest BCUT2D eigenvalue weighted by atomic mass is 79.9. The number of nitrogens with one attached hydrogen (secondary N) is 1. The van der Waals surface area contributed by atoms with Crippen molar-refractivity contribution in [2.75, 3.05) is 12.8 Å². The minimum absolute atomic E-state index is 0.200. The van der Waals surface area contributed by atoms with Gasteiger partial charge in [-0.2, -0.15) is 4.98 Å². The largest absolute Gasteiger partial charge is 0.497 e. The number of nitrogens with two attached hydrogens (primary N) is 1. The monoisotopic (exact) mass is 312 g/mol. The number of nitrogen functional groups attached to an aromatic ring is 1. The van der Waals surface area contributed by atoms with Gasteiger partial charge in [0.1, 0.15) is 11.6 Å². The zero-order valence-electron chi connectivity index (χ0n) is 8.90. The summed E-state index contributed by atoms with van der Waals surface area (Å²) in [5.41, 5.74) is 6.41. The van der Waals surface area contributed by atoms with E-state index in [-0.39, 0.29) is 10.7 Å². The summed E-state index contributed by atoms with van der Waals surface area (Å²) in [5, 5.41) is 0. The normalized spacial score (nSPS) is 10.2. The zero-order valence-corrected chi connectivity index (χ0v) is 11.3. The molecular weight excluding hydrogens is 304 g/mol. The molecule has 0 saturated heterocycles. The molecule has 0 amide bonds. The summed E-state index contributed by atoms with van der Waals surface area (Å²) in [5.74, 6) is 1.50. The lowest BCUT2D eigenvalue weighted by Crippen LogP contribution is -2.00. The number of nitrogens with zero attached hydrogens (tertiary/aromatic N) is 2. The molecule has 1 heterocycles. The predicted molar refractivity (Wildman–Crippen MR) is 71.3 cm³/mol. The second-order valence-corrected chi connectivity index (χ2v) is 4.43. The number of hydrogen-bond donors (Lipinski definition) is 2. The summed E-state index contributed by atoms with van der Waals surface area (Å²) in [4.78, 5) is 10.8. The van der Waals surface area contributed by atoms with E-state index in [2.05, 4.69) is 30.9 Å². The van der Waals surface area contributed by atoms with Crippen molar-refractivity contribution < 1.29 is 4.74 Å². The Bertz CT molecular complexity index is 613. The van der Waals surface area contributed by atoms with Crippen LogP contribution >= 0.6 is 28.1 Å². The molecule has 0 radical (unpaired) electrons. The van der Waals surface area contributed by atoms with Crippen molar-refractivity contribution in [1.82, 2.24) is 15.0 Å². The van der Waals surface area contributed by atoms with Crippen molar-refractivity contribution in [2.24, 2.45) is 0 Å². The Morgan fingerprint density at radius 1 is 1.41 bits per heavy atom. The minimum atomic E-state index is 0.200. The Balaban J connectivity index is 2.62. The lowest BCUT2D eigenvalue weighted by atomic mass is 10.2. The molecule has 0 aliphatic carbocycles. The first-order valence-corrected chi connectivity index (χ1v) is 5.88. The average molecular weight is 313 g/mol. The molecule has 2 aromatic rings. The topological polar surface area (TPSA) is 76.8 Å². The van der Waals surface area contributed by atoms with Crippen molar-refractivity contribution >= 4 is 34.1 Å². The van der Waals surface area contributed by atoms with Gasteiger partial charge in [0.15, 0.2) is 0 Å². The van der Waals surface area contributed by atoms with Crippen LogP contribution in [0.25, 0.3) is 11.4 Å². The number of anilines is 1. The van der Waals surface area contributed by atoms with Crippen LogP contribution in [-0.4, -0.2) is 22.1 Å². The van der Waals surface area contributed by atoms with Crippen LogP contribution in [-0.2, 0) is 0 Å². The molecule has 0 aliphatic heterocycles. The zero-order chi connectivity index (χ0) is 12.4. The molecular formula is C10H9BrN4OS. The second-order valence-electron chi connectivity index (χ2n) is 3.21. The van der Waals surface area contributed by atoms with E-state index >= 15 is 0 Å². The van der Waals surface area contributed by atoms with Gasteiger partial charge in [-0.15, -0.1) is 0 Å². The van der Waals surface area contributed by atoms with E-state index in [0.717, 1.165) is 15.8 Å². The highest BCUT2D eigenvalue weighted by Gasteiger charge is 2.08. The van der Waals surface area contributed by atoms with Gasteiger partial charge in [0.2, 0.25) is 10.7 Å². The molecule has 0 bridgehead atoms. The number of ether oxygens (including phenoxy) is 1. The summed E-state index contributed by atoms with van der Waals surface area (Å²) in [7, 11) is 1.60. The maximum absolute atomic E-state index is 5.60. The predicted octanol–water partition coefficient (Wildman–Crippen LogP) is 2.55. The Morgan fingerprint density at radius 3 is 2.82 bits per heavy atom.